The van der Waals surface area contributed by atoms with Crippen LogP contribution >= 0.6 is 0 Å². The molecule has 1 heterocycles. The van der Waals surface area contributed by atoms with Gasteiger partial charge >= 0.3 is 0 Å². The number of rotatable bonds is 1. The monoisotopic (exact) mass is 153 g/mol. The normalized spacial score (nSPS) is 23.2. The fourth-order valence-electron chi connectivity index (χ4n) is 1.56. The quantitative estimate of drug-likeness (QED) is 0.648. The lowest BCUT2D eigenvalue weighted by molar-refractivity contribution is 0.208. The van der Waals surface area contributed by atoms with Crippen LogP contribution < -0.4 is 0 Å². The average Bonchev–Trinajstić information content (AvgIpc) is 2.50. The molecule has 3 nitrogen and oxygen atoms in total. The fraction of sp³-hybridized carbons (Fsp3) is 0.625. The van der Waals surface area contributed by atoms with Gasteiger partial charge in [0.15, 0.2) is 0 Å². The van der Waals surface area contributed by atoms with Crippen LogP contribution in [0.3, 0.4) is 0 Å². The maximum atomic E-state index is 8.90. The van der Waals surface area contributed by atoms with Crippen molar-refractivity contribution in [2.45, 2.75) is 19.3 Å². The first-order chi connectivity index (χ1) is 5.40. The number of aliphatic hydroxyl groups is 1. The van der Waals surface area contributed by atoms with Crippen LogP contribution in [-0.4, -0.2) is 16.9 Å². The van der Waals surface area contributed by atoms with Crippen LogP contribution in [0.2, 0.25) is 0 Å². The predicted molar refractivity (Wildman–Crippen MR) is 39.1 cm³/mol. The Balaban J connectivity index is 2.18. The zero-order valence-electron chi connectivity index (χ0n) is 6.29. The van der Waals surface area contributed by atoms with E-state index in [1.807, 2.05) is 0 Å². The minimum atomic E-state index is 0.282. The molecular formula is C8H11NO2. The lowest BCUT2D eigenvalue weighted by atomic mass is 9.89. The van der Waals surface area contributed by atoms with Gasteiger partial charge in [-0.2, -0.15) is 0 Å². The number of hydrogen-bond donors (Lipinski definition) is 1. The molecule has 0 fully saturated rings. The van der Waals surface area contributed by atoms with Crippen LogP contribution in [0.25, 0.3) is 0 Å². The number of fused-ring (bicyclic) bond motifs is 1. The molecule has 0 unspecified atom stereocenters. The predicted octanol–water partition coefficient (Wildman–Crippen LogP) is 0.772. The molecule has 0 bridgehead atoms. The van der Waals surface area contributed by atoms with E-state index < -0.39 is 0 Å². The summed E-state index contributed by atoms with van der Waals surface area (Å²) in [6, 6.07) is 0. The van der Waals surface area contributed by atoms with Crippen molar-refractivity contribution >= 4 is 0 Å². The first-order valence-corrected chi connectivity index (χ1v) is 3.93. The zero-order chi connectivity index (χ0) is 7.68. The molecule has 0 aliphatic heterocycles. The van der Waals surface area contributed by atoms with Crippen LogP contribution in [0.4, 0.5) is 0 Å². The van der Waals surface area contributed by atoms with Gasteiger partial charge in [-0.15, -0.1) is 0 Å². The Morgan fingerprint density at radius 2 is 2.64 bits per heavy atom. The highest BCUT2D eigenvalue weighted by molar-refractivity contribution is 5.17. The second-order valence-electron chi connectivity index (χ2n) is 3.07. The second kappa shape index (κ2) is 2.66. The van der Waals surface area contributed by atoms with Gasteiger partial charge in [0.25, 0.3) is 0 Å². The summed E-state index contributed by atoms with van der Waals surface area (Å²) >= 11 is 0. The molecule has 1 N–H and O–H groups in total. The summed E-state index contributed by atoms with van der Waals surface area (Å²) in [7, 11) is 0. The third-order valence-electron chi connectivity index (χ3n) is 2.28. The molecule has 2 rings (SSSR count). The third kappa shape index (κ3) is 1.16. The Morgan fingerprint density at radius 3 is 3.45 bits per heavy atom. The van der Waals surface area contributed by atoms with Crippen molar-refractivity contribution < 1.29 is 9.63 Å². The Kier molecular flexibility index (Phi) is 1.66. The van der Waals surface area contributed by atoms with Crippen molar-refractivity contribution in [3.63, 3.8) is 0 Å². The van der Waals surface area contributed by atoms with Crippen LogP contribution in [0.1, 0.15) is 17.7 Å². The summed E-state index contributed by atoms with van der Waals surface area (Å²) < 4.78 is 5.02. The molecular weight excluding hydrogens is 142 g/mol. The Labute approximate surface area is 65.0 Å². The van der Waals surface area contributed by atoms with Gasteiger partial charge in [-0.3, -0.25) is 0 Å². The molecule has 3 heteroatoms. The molecule has 1 atom stereocenters. The van der Waals surface area contributed by atoms with Crippen molar-refractivity contribution in [3.8, 4) is 0 Å². The lowest BCUT2D eigenvalue weighted by Gasteiger charge is -2.17. The van der Waals surface area contributed by atoms with Crippen LogP contribution in [0, 0.1) is 5.92 Å². The third-order valence-corrected chi connectivity index (χ3v) is 2.28. The van der Waals surface area contributed by atoms with E-state index in [-0.39, 0.29) is 6.61 Å². The summed E-state index contributed by atoms with van der Waals surface area (Å²) in [5.74, 6) is 1.43. The highest BCUT2D eigenvalue weighted by atomic mass is 16.5. The molecule has 60 valence electrons. The molecule has 0 amide bonds. The number of aromatic nitrogens is 1. The van der Waals surface area contributed by atoms with Crippen molar-refractivity contribution in [2.75, 3.05) is 6.61 Å². The standard InChI is InChI=1S/C8H11NO2/c10-5-6-1-2-8-7(3-6)4-9-11-8/h4,6,10H,1-3,5H2/t6-/m1/s1. The van der Waals surface area contributed by atoms with Crippen molar-refractivity contribution in [1.29, 1.82) is 0 Å². The van der Waals surface area contributed by atoms with E-state index in [1.54, 1.807) is 6.20 Å². The minimum Gasteiger partial charge on any atom is -0.396 e. The van der Waals surface area contributed by atoms with E-state index >= 15 is 0 Å². The van der Waals surface area contributed by atoms with Crippen LogP contribution in [0.15, 0.2) is 10.7 Å². The summed E-state index contributed by atoms with van der Waals surface area (Å²) in [4.78, 5) is 0. The van der Waals surface area contributed by atoms with Gasteiger partial charge in [0.1, 0.15) is 5.76 Å². The maximum absolute atomic E-state index is 8.90. The van der Waals surface area contributed by atoms with Gasteiger partial charge < -0.3 is 9.63 Å². The lowest BCUT2D eigenvalue weighted by Crippen LogP contribution is -2.15. The molecule has 1 aliphatic rings. The maximum Gasteiger partial charge on any atom is 0.139 e. The molecule has 0 radical (unpaired) electrons. The highest BCUT2D eigenvalue weighted by Crippen LogP contribution is 2.24. The molecule has 0 spiro atoms. The minimum absolute atomic E-state index is 0.282. The molecule has 0 aromatic carbocycles. The number of nitrogens with zero attached hydrogens (tertiary/aromatic N) is 1. The average molecular weight is 153 g/mol. The fourth-order valence-corrected chi connectivity index (χ4v) is 1.56. The topological polar surface area (TPSA) is 46.3 Å². The number of aryl methyl sites for hydroxylation is 1. The summed E-state index contributed by atoms with van der Waals surface area (Å²) in [6.07, 6.45) is 4.64. The highest BCUT2D eigenvalue weighted by Gasteiger charge is 2.20. The van der Waals surface area contributed by atoms with Gasteiger partial charge in [0.2, 0.25) is 0 Å². The number of hydrogen-bond acceptors (Lipinski definition) is 3. The van der Waals surface area contributed by atoms with E-state index in [2.05, 4.69) is 5.16 Å². The second-order valence-corrected chi connectivity index (χ2v) is 3.07. The first kappa shape index (κ1) is 6.85. The first-order valence-electron chi connectivity index (χ1n) is 3.93. The molecule has 1 aliphatic carbocycles. The smallest absolute Gasteiger partial charge is 0.139 e. The summed E-state index contributed by atoms with van der Waals surface area (Å²) in [6.45, 7) is 0.282. The number of aliphatic hydroxyl groups excluding tert-OH is 1. The van der Waals surface area contributed by atoms with Crippen molar-refractivity contribution in [2.24, 2.45) is 5.92 Å². The van der Waals surface area contributed by atoms with Gasteiger partial charge in [0.05, 0.1) is 6.20 Å². The van der Waals surface area contributed by atoms with Gasteiger partial charge in [0, 0.05) is 18.6 Å². The largest absolute Gasteiger partial charge is 0.396 e. The van der Waals surface area contributed by atoms with Gasteiger partial charge in [-0.05, 0) is 18.8 Å². The molecule has 0 saturated heterocycles. The molecule has 11 heavy (non-hydrogen) atoms. The summed E-state index contributed by atoms with van der Waals surface area (Å²) in [5, 5.41) is 12.6. The van der Waals surface area contributed by atoms with Crippen LogP contribution in [-0.2, 0) is 12.8 Å². The van der Waals surface area contributed by atoms with E-state index in [9.17, 15) is 0 Å². The molecule has 0 saturated carbocycles. The van der Waals surface area contributed by atoms with Crippen molar-refractivity contribution in [1.82, 2.24) is 5.16 Å². The summed E-state index contributed by atoms with van der Waals surface area (Å²) in [5.41, 5.74) is 1.18. The Hall–Kier alpha value is -0.830. The molecule has 1 aromatic rings. The Bertz CT molecular complexity index is 244. The van der Waals surface area contributed by atoms with E-state index in [0.717, 1.165) is 25.0 Å². The van der Waals surface area contributed by atoms with Crippen LogP contribution in [0.5, 0.6) is 0 Å². The van der Waals surface area contributed by atoms with Gasteiger partial charge in [-0.25, -0.2) is 0 Å². The van der Waals surface area contributed by atoms with E-state index in [1.165, 1.54) is 5.56 Å². The van der Waals surface area contributed by atoms with E-state index in [4.69, 9.17) is 9.63 Å². The molecule has 1 aromatic heterocycles. The Morgan fingerprint density at radius 1 is 1.73 bits per heavy atom. The zero-order valence-corrected chi connectivity index (χ0v) is 6.29. The van der Waals surface area contributed by atoms with Gasteiger partial charge in [-0.1, -0.05) is 5.16 Å². The SMILES string of the molecule is OC[C@@H]1CCc2oncc2C1. The van der Waals surface area contributed by atoms with Crippen molar-refractivity contribution in [3.05, 3.63) is 17.5 Å². The van der Waals surface area contributed by atoms with E-state index in [0.29, 0.717) is 5.92 Å².